The van der Waals surface area contributed by atoms with Gasteiger partial charge in [-0.3, -0.25) is 0 Å². The van der Waals surface area contributed by atoms with Crippen LogP contribution in [0.15, 0.2) is 12.4 Å². The van der Waals surface area contributed by atoms with Gasteiger partial charge in [0.15, 0.2) is 0 Å². The Morgan fingerprint density at radius 2 is 2.42 bits per heavy atom. The average molecular weight is 164 g/mol. The number of H-pyrrole nitrogens is 1. The summed E-state index contributed by atoms with van der Waals surface area (Å²) in [4.78, 5) is 7.34. The number of nitrogens with zero attached hydrogens (tertiary/aromatic N) is 1. The van der Waals surface area contributed by atoms with Gasteiger partial charge in [-0.25, -0.2) is 4.98 Å². The number of imidazole rings is 1. The number of aromatic nitrogens is 2. The Kier molecular flexibility index (Phi) is 2.45. The molecule has 12 heavy (non-hydrogen) atoms. The maximum atomic E-state index is 4.20. The zero-order valence-electron chi connectivity index (χ0n) is 7.42. The molecule has 0 bridgehead atoms. The molecule has 0 saturated heterocycles. The van der Waals surface area contributed by atoms with E-state index in [1.807, 2.05) is 12.4 Å². The van der Waals surface area contributed by atoms with E-state index in [1.165, 1.54) is 32.1 Å². The van der Waals surface area contributed by atoms with E-state index < -0.39 is 0 Å². The summed E-state index contributed by atoms with van der Waals surface area (Å²) >= 11 is 0. The van der Waals surface area contributed by atoms with Crippen molar-refractivity contribution in [3.05, 3.63) is 18.2 Å². The van der Waals surface area contributed by atoms with Crippen molar-refractivity contribution in [3.8, 4) is 0 Å². The third-order valence-electron chi connectivity index (χ3n) is 2.81. The van der Waals surface area contributed by atoms with Crippen LogP contribution in [0.5, 0.6) is 0 Å². The molecule has 0 aromatic carbocycles. The van der Waals surface area contributed by atoms with Gasteiger partial charge in [0.05, 0.1) is 0 Å². The molecule has 0 unspecified atom stereocenters. The normalized spacial score (nSPS) is 17.7. The molecule has 1 aliphatic rings. The molecule has 0 atom stereocenters. The van der Waals surface area contributed by atoms with Crippen molar-refractivity contribution >= 4 is 0 Å². The van der Waals surface area contributed by atoms with E-state index in [2.05, 4.69) is 9.97 Å². The predicted molar refractivity (Wildman–Crippen MR) is 48.9 cm³/mol. The molecule has 2 nitrogen and oxygen atoms in total. The van der Waals surface area contributed by atoms with Crippen molar-refractivity contribution in [2.45, 2.75) is 38.5 Å². The maximum absolute atomic E-state index is 4.20. The number of rotatable bonds is 4. The van der Waals surface area contributed by atoms with E-state index in [0.717, 1.165) is 18.2 Å². The van der Waals surface area contributed by atoms with Gasteiger partial charge in [-0.15, -0.1) is 0 Å². The van der Waals surface area contributed by atoms with E-state index in [-0.39, 0.29) is 0 Å². The van der Waals surface area contributed by atoms with Crippen LogP contribution >= 0.6 is 0 Å². The van der Waals surface area contributed by atoms with Gasteiger partial charge in [0.1, 0.15) is 5.82 Å². The second kappa shape index (κ2) is 3.74. The van der Waals surface area contributed by atoms with Crippen LogP contribution < -0.4 is 0 Å². The van der Waals surface area contributed by atoms with Gasteiger partial charge < -0.3 is 4.98 Å². The lowest BCUT2D eigenvalue weighted by Crippen LogP contribution is -2.10. The molecule has 1 heterocycles. The lowest BCUT2D eigenvalue weighted by Gasteiger charge is -2.24. The highest BCUT2D eigenvalue weighted by Crippen LogP contribution is 2.30. The van der Waals surface area contributed by atoms with Crippen molar-refractivity contribution in [1.82, 2.24) is 9.97 Å². The molecule has 1 saturated carbocycles. The first-order valence-electron chi connectivity index (χ1n) is 4.93. The maximum Gasteiger partial charge on any atom is 0.105 e. The Morgan fingerprint density at radius 1 is 1.50 bits per heavy atom. The van der Waals surface area contributed by atoms with Gasteiger partial charge in [-0.05, 0) is 12.3 Å². The van der Waals surface area contributed by atoms with Crippen LogP contribution in [0.4, 0.5) is 0 Å². The summed E-state index contributed by atoms with van der Waals surface area (Å²) in [6, 6.07) is 0. The molecule has 0 aliphatic heterocycles. The molecule has 2 heteroatoms. The van der Waals surface area contributed by atoms with Gasteiger partial charge in [0.25, 0.3) is 0 Å². The van der Waals surface area contributed by atoms with Crippen molar-refractivity contribution in [3.63, 3.8) is 0 Å². The molecule has 1 aliphatic carbocycles. The SMILES string of the molecule is c1c[nH]c(CCCC2CCC2)n1. The summed E-state index contributed by atoms with van der Waals surface area (Å²) in [6.07, 6.45) is 12.0. The fourth-order valence-corrected chi connectivity index (χ4v) is 1.77. The van der Waals surface area contributed by atoms with Gasteiger partial charge in [0, 0.05) is 18.8 Å². The summed E-state index contributed by atoms with van der Waals surface area (Å²) in [5.74, 6) is 2.19. The molecule has 0 radical (unpaired) electrons. The largest absolute Gasteiger partial charge is 0.349 e. The summed E-state index contributed by atoms with van der Waals surface area (Å²) in [5, 5.41) is 0. The minimum atomic E-state index is 1.04. The van der Waals surface area contributed by atoms with Crippen LogP contribution in [-0.2, 0) is 6.42 Å². The van der Waals surface area contributed by atoms with E-state index in [9.17, 15) is 0 Å². The highest BCUT2D eigenvalue weighted by atomic mass is 14.9. The standard InChI is InChI=1S/C10H16N2/c1-3-9(4-1)5-2-6-10-11-7-8-12-10/h7-9H,1-6H2,(H,11,12). The molecule has 1 aromatic heterocycles. The molecule has 66 valence electrons. The molecule has 2 rings (SSSR count). The van der Waals surface area contributed by atoms with E-state index in [1.54, 1.807) is 0 Å². The van der Waals surface area contributed by atoms with Gasteiger partial charge in [-0.2, -0.15) is 0 Å². The van der Waals surface area contributed by atoms with Gasteiger partial charge in [0.2, 0.25) is 0 Å². The molecule has 0 amide bonds. The highest BCUT2D eigenvalue weighted by molar-refractivity contribution is 4.87. The van der Waals surface area contributed by atoms with Crippen molar-refractivity contribution < 1.29 is 0 Å². The van der Waals surface area contributed by atoms with Crippen LogP contribution in [0.3, 0.4) is 0 Å². The monoisotopic (exact) mass is 164 g/mol. The van der Waals surface area contributed by atoms with Crippen LogP contribution in [-0.4, -0.2) is 9.97 Å². The number of hydrogen-bond donors (Lipinski definition) is 1. The minimum Gasteiger partial charge on any atom is -0.349 e. The minimum absolute atomic E-state index is 1.04. The Labute approximate surface area is 73.4 Å². The Morgan fingerprint density at radius 3 is 3.00 bits per heavy atom. The summed E-state index contributed by atoms with van der Waals surface area (Å²) in [6.45, 7) is 0. The lowest BCUT2D eigenvalue weighted by atomic mass is 9.82. The fourth-order valence-electron chi connectivity index (χ4n) is 1.77. The Bertz CT molecular complexity index is 212. The van der Waals surface area contributed by atoms with E-state index >= 15 is 0 Å². The first kappa shape index (κ1) is 7.84. The third-order valence-corrected chi connectivity index (χ3v) is 2.81. The molecular weight excluding hydrogens is 148 g/mol. The zero-order valence-corrected chi connectivity index (χ0v) is 7.42. The van der Waals surface area contributed by atoms with Gasteiger partial charge >= 0.3 is 0 Å². The second-order valence-corrected chi connectivity index (χ2v) is 3.73. The van der Waals surface area contributed by atoms with Gasteiger partial charge in [-0.1, -0.05) is 25.7 Å². The highest BCUT2D eigenvalue weighted by Gasteiger charge is 2.16. The number of aryl methyl sites for hydroxylation is 1. The first-order chi connectivity index (χ1) is 5.95. The topological polar surface area (TPSA) is 28.7 Å². The molecule has 1 fully saturated rings. The second-order valence-electron chi connectivity index (χ2n) is 3.73. The fraction of sp³-hybridized carbons (Fsp3) is 0.700. The van der Waals surface area contributed by atoms with Crippen molar-refractivity contribution in [2.24, 2.45) is 5.92 Å². The number of aromatic amines is 1. The predicted octanol–water partition coefficient (Wildman–Crippen LogP) is 2.53. The van der Waals surface area contributed by atoms with Crippen molar-refractivity contribution in [1.29, 1.82) is 0 Å². The summed E-state index contributed by atoms with van der Waals surface area (Å²) in [5.41, 5.74) is 0. The molecule has 1 aromatic rings. The Balaban J connectivity index is 1.62. The molecule has 1 N–H and O–H groups in total. The van der Waals surface area contributed by atoms with Crippen LogP contribution in [0.25, 0.3) is 0 Å². The zero-order chi connectivity index (χ0) is 8.23. The van der Waals surface area contributed by atoms with Crippen LogP contribution in [0.2, 0.25) is 0 Å². The third kappa shape index (κ3) is 1.87. The molecular formula is C10H16N2. The average Bonchev–Trinajstić information content (AvgIpc) is 2.46. The van der Waals surface area contributed by atoms with E-state index in [4.69, 9.17) is 0 Å². The quantitative estimate of drug-likeness (QED) is 0.727. The number of nitrogens with one attached hydrogen (secondary N) is 1. The molecule has 0 spiro atoms. The first-order valence-corrected chi connectivity index (χ1v) is 4.93. The van der Waals surface area contributed by atoms with Crippen molar-refractivity contribution in [2.75, 3.05) is 0 Å². The Hall–Kier alpha value is -0.790. The number of hydrogen-bond acceptors (Lipinski definition) is 1. The van der Waals surface area contributed by atoms with Crippen LogP contribution in [0, 0.1) is 5.92 Å². The van der Waals surface area contributed by atoms with E-state index in [0.29, 0.717) is 0 Å². The summed E-state index contributed by atoms with van der Waals surface area (Å²) < 4.78 is 0. The smallest absolute Gasteiger partial charge is 0.105 e. The van der Waals surface area contributed by atoms with Crippen LogP contribution in [0.1, 0.15) is 37.9 Å². The lowest BCUT2D eigenvalue weighted by molar-refractivity contribution is 0.289. The summed E-state index contributed by atoms with van der Waals surface area (Å²) in [7, 11) is 0.